The van der Waals surface area contributed by atoms with Gasteiger partial charge < -0.3 is 9.11 Å². The average Bonchev–Trinajstić information content (AvgIpc) is 2.88. The van der Waals surface area contributed by atoms with Crippen molar-refractivity contribution in [2.45, 2.75) is 0 Å². The van der Waals surface area contributed by atoms with Gasteiger partial charge >= 0.3 is 16.8 Å². The molecule has 0 aliphatic heterocycles. The van der Waals surface area contributed by atoms with Crippen molar-refractivity contribution in [1.29, 1.82) is 10.5 Å². The number of hydrogen-bond acceptors (Lipinski definition) is 11. The van der Waals surface area contributed by atoms with E-state index in [1.165, 1.54) is 18.5 Å². The van der Waals surface area contributed by atoms with Gasteiger partial charge in [0, 0.05) is 40.7 Å². The Hall–Kier alpha value is -4.37. The number of nitrogens with zero attached hydrogens (tertiary/aromatic N) is 6. The van der Waals surface area contributed by atoms with Crippen molar-refractivity contribution in [1.82, 2.24) is 19.9 Å². The molecule has 0 saturated heterocycles. The molecule has 0 fully saturated rings. The second-order valence-corrected chi connectivity index (χ2v) is 7.06. The van der Waals surface area contributed by atoms with Crippen molar-refractivity contribution >= 4 is 16.7 Å². The number of carbonyl (C=O) groups is 1. The quantitative estimate of drug-likeness (QED) is 0.208. The van der Waals surface area contributed by atoms with E-state index in [9.17, 15) is 4.79 Å². The van der Waals surface area contributed by atoms with Gasteiger partial charge in [0.05, 0.1) is 28.2 Å². The molecule has 181 valence electrons. The van der Waals surface area contributed by atoms with Gasteiger partial charge in [0.1, 0.15) is 17.8 Å². The summed E-state index contributed by atoms with van der Waals surface area (Å²) in [4.78, 5) is 27.0. The van der Waals surface area contributed by atoms with E-state index < -0.39 is 10.4 Å². The zero-order valence-electron chi connectivity index (χ0n) is 18.0. The molecule has 4 aromatic rings. The molecule has 0 aromatic carbocycles. The molecule has 0 spiro atoms. The van der Waals surface area contributed by atoms with Gasteiger partial charge in [-0.2, -0.15) is 10.5 Å². The maximum Gasteiger partial charge on any atom is 2.00 e. The van der Waals surface area contributed by atoms with E-state index in [1.54, 1.807) is 24.5 Å². The Labute approximate surface area is 216 Å². The van der Waals surface area contributed by atoms with E-state index in [4.69, 9.17) is 28.0 Å². The van der Waals surface area contributed by atoms with Crippen LogP contribution < -0.4 is 0 Å². The molecule has 0 aliphatic carbocycles. The molecule has 4 aromatic heterocycles. The molecule has 0 aliphatic rings. The van der Waals surface area contributed by atoms with Gasteiger partial charge in [-0.3, -0.25) is 33.1 Å². The minimum absolute atomic E-state index is 0. The Balaban J connectivity index is 0.000000311. The molecule has 0 bridgehead atoms. The van der Waals surface area contributed by atoms with Crippen LogP contribution in [-0.4, -0.2) is 43.7 Å². The maximum atomic E-state index is 10.5. The predicted molar refractivity (Wildman–Crippen MR) is 120 cm³/mol. The van der Waals surface area contributed by atoms with Crippen molar-refractivity contribution < 1.29 is 39.1 Å². The van der Waals surface area contributed by atoms with E-state index in [1.807, 2.05) is 48.5 Å². The summed E-state index contributed by atoms with van der Waals surface area (Å²) in [6, 6.07) is 20.1. The number of pyridine rings is 4. The molecule has 13 heteroatoms. The van der Waals surface area contributed by atoms with Crippen molar-refractivity contribution in [3.8, 4) is 34.9 Å². The van der Waals surface area contributed by atoms with Crippen LogP contribution in [0.5, 0.6) is 0 Å². The Morgan fingerprint density at radius 2 is 1.33 bits per heavy atom. The van der Waals surface area contributed by atoms with Gasteiger partial charge in [0.2, 0.25) is 0 Å². The first-order valence-electron chi connectivity index (χ1n) is 9.46. The minimum Gasteiger partial charge on any atom is -0.759 e. The Bertz CT molecular complexity index is 1410. The normalized spacial score (nSPS) is 9.44. The Morgan fingerprint density at radius 3 is 1.72 bits per heavy atom. The van der Waals surface area contributed by atoms with E-state index in [0.29, 0.717) is 23.2 Å². The number of nitriles is 2. The van der Waals surface area contributed by atoms with Crippen molar-refractivity contribution in [3.05, 3.63) is 96.1 Å². The monoisotopic (exact) mass is 545 g/mol. The summed E-state index contributed by atoms with van der Waals surface area (Å²) in [5.74, 6) is 0. The largest absolute Gasteiger partial charge is 2.00 e. The summed E-state index contributed by atoms with van der Waals surface area (Å²) >= 11 is 0. The molecule has 0 saturated carbocycles. The van der Waals surface area contributed by atoms with Gasteiger partial charge in [0.25, 0.3) is 0 Å². The molecule has 4 heterocycles. The van der Waals surface area contributed by atoms with Gasteiger partial charge in [-0.1, -0.05) is 12.1 Å². The van der Waals surface area contributed by atoms with Crippen LogP contribution in [-0.2, 0) is 27.2 Å². The smallest absolute Gasteiger partial charge is 0.759 e. The molecule has 36 heavy (non-hydrogen) atoms. The van der Waals surface area contributed by atoms with Crippen LogP contribution in [0.1, 0.15) is 21.5 Å². The van der Waals surface area contributed by atoms with Gasteiger partial charge in [0.15, 0.2) is 6.29 Å². The number of hydrogen-bond donors (Lipinski definition) is 0. The summed E-state index contributed by atoms with van der Waals surface area (Å²) in [7, 11) is -5.17. The van der Waals surface area contributed by atoms with Crippen LogP contribution in [0.25, 0.3) is 22.8 Å². The van der Waals surface area contributed by atoms with E-state index in [-0.39, 0.29) is 27.9 Å². The van der Waals surface area contributed by atoms with Crippen molar-refractivity contribution in [2.24, 2.45) is 0 Å². The standard InChI is InChI=1S/C13H6N4O.C10H8N2.Co.H2O4S/c14-5-10-3-4-16-13(11(10)6-15)12-2-1-9(8-18)7-17-12;1-3-7-11-9(5-1)10-6-2-4-8-12-10;;1-5(2,3)4/h1-4,7-8H;1-8H;;(H2,1,2,3,4)/q;;+2;/p-2. The van der Waals surface area contributed by atoms with Crippen LogP contribution in [0.2, 0.25) is 0 Å². The summed E-state index contributed by atoms with van der Waals surface area (Å²) < 4.78 is 34.1. The zero-order chi connectivity index (χ0) is 25.7. The van der Waals surface area contributed by atoms with Crippen LogP contribution in [0.15, 0.2) is 79.4 Å². The van der Waals surface area contributed by atoms with Gasteiger partial charge in [-0.15, -0.1) is 0 Å². The molecular weight excluding hydrogens is 531 g/mol. The second-order valence-electron chi connectivity index (χ2n) is 6.24. The van der Waals surface area contributed by atoms with E-state index >= 15 is 0 Å². The first-order valence-corrected chi connectivity index (χ1v) is 10.8. The van der Waals surface area contributed by atoms with Crippen LogP contribution in [0, 0.1) is 22.7 Å². The Morgan fingerprint density at radius 1 is 0.750 bits per heavy atom. The molecule has 4 rings (SSSR count). The molecule has 0 unspecified atom stereocenters. The first-order chi connectivity index (χ1) is 16.8. The summed E-state index contributed by atoms with van der Waals surface area (Å²) in [5, 5.41) is 18.0. The van der Waals surface area contributed by atoms with E-state index in [2.05, 4.69) is 19.9 Å². The molecule has 1 radical (unpaired) electrons. The fourth-order valence-corrected chi connectivity index (χ4v) is 2.51. The van der Waals surface area contributed by atoms with Crippen molar-refractivity contribution in [2.75, 3.05) is 0 Å². The minimum atomic E-state index is -5.17. The Kier molecular flexibility index (Phi) is 12.2. The van der Waals surface area contributed by atoms with Gasteiger partial charge in [-0.05, 0) is 42.5 Å². The second kappa shape index (κ2) is 14.8. The van der Waals surface area contributed by atoms with Gasteiger partial charge in [-0.25, -0.2) is 0 Å². The van der Waals surface area contributed by atoms with Crippen LogP contribution in [0.3, 0.4) is 0 Å². The predicted octanol–water partition coefficient (Wildman–Crippen LogP) is 2.50. The number of carbonyl (C=O) groups excluding carboxylic acids is 1. The third kappa shape index (κ3) is 9.86. The average molecular weight is 545 g/mol. The summed E-state index contributed by atoms with van der Waals surface area (Å²) in [6.45, 7) is 0. The molecule has 11 nitrogen and oxygen atoms in total. The summed E-state index contributed by atoms with van der Waals surface area (Å²) in [6.07, 6.45) is 7.06. The third-order valence-electron chi connectivity index (χ3n) is 3.94. The number of aromatic nitrogens is 4. The summed E-state index contributed by atoms with van der Waals surface area (Å²) in [5.41, 5.74) is 3.50. The van der Waals surface area contributed by atoms with Crippen LogP contribution >= 0.6 is 0 Å². The maximum absolute atomic E-state index is 10.5. The first kappa shape index (κ1) is 29.7. The molecule has 0 atom stereocenters. The molecule has 0 amide bonds. The molecule has 0 N–H and O–H groups in total. The number of rotatable bonds is 3. The zero-order valence-corrected chi connectivity index (χ0v) is 19.9. The van der Waals surface area contributed by atoms with E-state index in [0.717, 1.165) is 11.4 Å². The fourth-order valence-electron chi connectivity index (χ4n) is 2.51. The van der Waals surface area contributed by atoms with Crippen molar-refractivity contribution in [3.63, 3.8) is 0 Å². The topological polar surface area (TPSA) is 196 Å². The number of aldehydes is 1. The fraction of sp³-hybridized carbons (Fsp3) is 0. The molecular formula is C23H14CoN6O5S. The third-order valence-corrected chi connectivity index (χ3v) is 3.94. The van der Waals surface area contributed by atoms with Crippen LogP contribution in [0.4, 0.5) is 0 Å². The SMILES string of the molecule is N#Cc1ccnc(-c2ccc(C=O)cn2)c1C#N.O=S(=O)([O-])[O-].[Co+2].c1ccc(-c2ccccn2)nc1.